The molecule has 0 saturated carbocycles. The molecule has 0 aromatic rings. The first-order chi connectivity index (χ1) is 5.00. The highest BCUT2D eigenvalue weighted by atomic mass is 79.9. The van der Waals surface area contributed by atoms with Crippen molar-refractivity contribution in [1.82, 2.24) is 5.32 Å². The summed E-state index contributed by atoms with van der Waals surface area (Å²) in [5.41, 5.74) is 1.50. The quantitative estimate of drug-likeness (QED) is 0.614. The maximum atomic E-state index is 3.52. The molecule has 1 unspecified atom stereocenters. The van der Waals surface area contributed by atoms with E-state index in [4.69, 9.17) is 0 Å². The number of nitrogens with one attached hydrogen (secondary N) is 1. The first-order valence-electron chi connectivity index (χ1n) is 3.80. The lowest BCUT2D eigenvalue weighted by atomic mass is 9.90. The van der Waals surface area contributed by atoms with Gasteiger partial charge in [0, 0.05) is 11.1 Å². The monoisotopic (exact) mass is 215 g/mol. The number of alkyl halides is 1. The van der Waals surface area contributed by atoms with Crippen molar-refractivity contribution >= 4 is 15.9 Å². The fraction of sp³-hybridized carbons (Fsp3) is 0.556. The van der Waals surface area contributed by atoms with Gasteiger partial charge in [0.15, 0.2) is 0 Å². The van der Waals surface area contributed by atoms with E-state index in [0.29, 0.717) is 4.83 Å². The first-order valence-corrected chi connectivity index (χ1v) is 4.71. The Labute approximate surface area is 76.7 Å². The molecule has 1 N–H and O–H groups in total. The standard InChI is InChI=1S/C9H14BrN/c1-9(2,3)8-6-7(10)4-5-11-8/h4-7,11H,1-3H3. The van der Waals surface area contributed by atoms with Gasteiger partial charge in [-0.2, -0.15) is 0 Å². The van der Waals surface area contributed by atoms with Gasteiger partial charge >= 0.3 is 0 Å². The van der Waals surface area contributed by atoms with E-state index in [1.54, 1.807) is 0 Å². The van der Waals surface area contributed by atoms with E-state index >= 15 is 0 Å². The van der Waals surface area contributed by atoms with Gasteiger partial charge < -0.3 is 5.32 Å². The normalized spacial score (nSPS) is 24.4. The molecule has 1 nitrogen and oxygen atoms in total. The van der Waals surface area contributed by atoms with Crippen molar-refractivity contribution in [2.75, 3.05) is 0 Å². The lowest BCUT2D eigenvalue weighted by Gasteiger charge is -2.25. The number of dihydropyridines is 1. The van der Waals surface area contributed by atoms with Crippen LogP contribution < -0.4 is 5.32 Å². The molecule has 0 fully saturated rings. The van der Waals surface area contributed by atoms with Crippen LogP contribution in [0.4, 0.5) is 0 Å². The Bertz CT molecular complexity index is 198. The van der Waals surface area contributed by atoms with Crippen molar-refractivity contribution in [3.05, 3.63) is 24.0 Å². The second kappa shape index (κ2) is 3.02. The fourth-order valence-electron chi connectivity index (χ4n) is 0.959. The largest absolute Gasteiger partial charge is 0.365 e. The maximum absolute atomic E-state index is 3.52. The molecule has 0 radical (unpaired) electrons. The van der Waals surface area contributed by atoms with E-state index in [-0.39, 0.29) is 5.41 Å². The summed E-state index contributed by atoms with van der Waals surface area (Å²) >= 11 is 3.52. The van der Waals surface area contributed by atoms with Crippen LogP contribution in [0.3, 0.4) is 0 Å². The topological polar surface area (TPSA) is 12.0 Å². The van der Waals surface area contributed by atoms with Gasteiger partial charge in [0.05, 0.1) is 4.83 Å². The van der Waals surface area contributed by atoms with Crippen molar-refractivity contribution in [2.45, 2.75) is 25.6 Å². The minimum atomic E-state index is 0.219. The van der Waals surface area contributed by atoms with Crippen molar-refractivity contribution in [1.29, 1.82) is 0 Å². The van der Waals surface area contributed by atoms with Crippen LogP contribution in [0.5, 0.6) is 0 Å². The van der Waals surface area contributed by atoms with Crippen LogP contribution >= 0.6 is 15.9 Å². The Morgan fingerprint density at radius 1 is 1.45 bits per heavy atom. The number of rotatable bonds is 0. The lowest BCUT2D eigenvalue weighted by molar-refractivity contribution is 0.475. The summed E-state index contributed by atoms with van der Waals surface area (Å²) < 4.78 is 0. The Morgan fingerprint density at radius 2 is 2.09 bits per heavy atom. The third-order valence-electron chi connectivity index (χ3n) is 1.65. The molecule has 1 atom stereocenters. The molecule has 0 bridgehead atoms. The average Bonchev–Trinajstić information content (AvgIpc) is 1.86. The zero-order valence-electron chi connectivity index (χ0n) is 7.19. The molecule has 0 aromatic carbocycles. The molecule has 0 aromatic heterocycles. The highest BCUT2D eigenvalue weighted by Crippen LogP contribution is 2.26. The number of hydrogen-bond acceptors (Lipinski definition) is 1. The second-order valence-electron chi connectivity index (χ2n) is 3.78. The highest BCUT2D eigenvalue weighted by molar-refractivity contribution is 9.09. The highest BCUT2D eigenvalue weighted by Gasteiger charge is 2.18. The van der Waals surface area contributed by atoms with Crippen LogP contribution in [0.2, 0.25) is 0 Å². The summed E-state index contributed by atoms with van der Waals surface area (Å²) in [5.74, 6) is 0. The molecule has 62 valence electrons. The predicted molar refractivity (Wildman–Crippen MR) is 52.5 cm³/mol. The van der Waals surface area contributed by atoms with E-state index in [9.17, 15) is 0 Å². The summed E-state index contributed by atoms with van der Waals surface area (Å²) in [6, 6.07) is 0. The first kappa shape index (κ1) is 8.85. The Kier molecular flexibility index (Phi) is 2.43. The minimum absolute atomic E-state index is 0.219. The van der Waals surface area contributed by atoms with Gasteiger partial charge in [0.1, 0.15) is 0 Å². The fourth-order valence-corrected chi connectivity index (χ4v) is 1.38. The molecule has 1 heterocycles. The zero-order chi connectivity index (χ0) is 8.48. The molecule has 1 aliphatic rings. The number of allylic oxidation sites excluding steroid dienone is 3. The Hall–Kier alpha value is -0.240. The van der Waals surface area contributed by atoms with Gasteiger partial charge in [-0.25, -0.2) is 0 Å². The molecular formula is C9H14BrN. The van der Waals surface area contributed by atoms with Gasteiger partial charge in [0.2, 0.25) is 0 Å². The summed E-state index contributed by atoms with van der Waals surface area (Å²) in [6.07, 6.45) is 6.26. The third kappa shape index (κ3) is 2.37. The summed E-state index contributed by atoms with van der Waals surface area (Å²) in [5, 5.41) is 3.24. The van der Waals surface area contributed by atoms with Crippen molar-refractivity contribution < 1.29 is 0 Å². The molecule has 0 aliphatic carbocycles. The summed E-state index contributed by atoms with van der Waals surface area (Å²) in [6.45, 7) is 6.60. The summed E-state index contributed by atoms with van der Waals surface area (Å²) in [7, 11) is 0. The SMILES string of the molecule is CC(C)(C)C1=CC(Br)C=CN1. The van der Waals surface area contributed by atoms with Crippen LogP contribution in [-0.4, -0.2) is 4.83 Å². The van der Waals surface area contributed by atoms with E-state index < -0.39 is 0 Å². The van der Waals surface area contributed by atoms with E-state index in [1.807, 2.05) is 6.20 Å². The molecule has 0 saturated heterocycles. The molecular weight excluding hydrogens is 202 g/mol. The van der Waals surface area contributed by atoms with Gasteiger partial charge in [-0.15, -0.1) is 0 Å². The smallest absolute Gasteiger partial charge is 0.0542 e. The molecule has 1 rings (SSSR count). The number of halogens is 1. The van der Waals surface area contributed by atoms with Crippen LogP contribution in [0.15, 0.2) is 24.0 Å². The van der Waals surface area contributed by atoms with Crippen molar-refractivity contribution in [2.24, 2.45) is 5.41 Å². The van der Waals surface area contributed by atoms with Crippen molar-refractivity contribution in [3.8, 4) is 0 Å². The Morgan fingerprint density at radius 3 is 2.45 bits per heavy atom. The lowest BCUT2D eigenvalue weighted by Crippen LogP contribution is -2.23. The molecule has 1 aliphatic heterocycles. The zero-order valence-corrected chi connectivity index (χ0v) is 8.77. The maximum Gasteiger partial charge on any atom is 0.0542 e. The van der Waals surface area contributed by atoms with Crippen LogP contribution in [0, 0.1) is 5.41 Å². The Balaban J connectivity index is 2.75. The van der Waals surface area contributed by atoms with E-state index in [0.717, 1.165) is 0 Å². The molecule has 0 spiro atoms. The van der Waals surface area contributed by atoms with Gasteiger partial charge in [-0.1, -0.05) is 42.8 Å². The molecule has 2 heteroatoms. The molecule has 11 heavy (non-hydrogen) atoms. The second-order valence-corrected chi connectivity index (χ2v) is 4.84. The number of hydrogen-bond donors (Lipinski definition) is 1. The van der Waals surface area contributed by atoms with Crippen LogP contribution in [0.25, 0.3) is 0 Å². The average molecular weight is 216 g/mol. The van der Waals surface area contributed by atoms with Gasteiger partial charge in [-0.3, -0.25) is 0 Å². The van der Waals surface area contributed by atoms with Gasteiger partial charge in [-0.05, 0) is 12.3 Å². The summed E-state index contributed by atoms with van der Waals surface area (Å²) in [4.78, 5) is 0.387. The van der Waals surface area contributed by atoms with Crippen LogP contribution in [-0.2, 0) is 0 Å². The van der Waals surface area contributed by atoms with Crippen LogP contribution in [0.1, 0.15) is 20.8 Å². The predicted octanol–water partition coefficient (Wildman–Crippen LogP) is 2.80. The van der Waals surface area contributed by atoms with Crippen molar-refractivity contribution in [3.63, 3.8) is 0 Å². The van der Waals surface area contributed by atoms with E-state index in [1.165, 1.54) is 5.70 Å². The van der Waals surface area contributed by atoms with E-state index in [2.05, 4.69) is 54.2 Å². The van der Waals surface area contributed by atoms with Gasteiger partial charge in [0.25, 0.3) is 0 Å². The molecule has 0 amide bonds. The minimum Gasteiger partial charge on any atom is -0.365 e. The third-order valence-corrected chi connectivity index (χ3v) is 2.22.